The summed E-state index contributed by atoms with van der Waals surface area (Å²) in [5.74, 6) is -0.393. The Balaban J connectivity index is 1.79. The molecule has 5 heteroatoms. The second kappa shape index (κ2) is 9.01. The van der Waals surface area contributed by atoms with Gasteiger partial charge in [0.2, 0.25) is 0 Å². The van der Waals surface area contributed by atoms with Crippen molar-refractivity contribution in [2.24, 2.45) is 0 Å². The summed E-state index contributed by atoms with van der Waals surface area (Å²) in [6.07, 6.45) is -0.176. The summed E-state index contributed by atoms with van der Waals surface area (Å²) in [6, 6.07) is 9.81. The van der Waals surface area contributed by atoms with Crippen molar-refractivity contribution in [2.45, 2.75) is 64.1 Å². The Kier molecular flexibility index (Phi) is 7.02. The number of aliphatic hydroxyl groups excluding tert-OH is 1. The van der Waals surface area contributed by atoms with Crippen molar-refractivity contribution in [3.63, 3.8) is 0 Å². The fourth-order valence-corrected chi connectivity index (χ4v) is 2.57. The standard InChI is InChI=1S/C18H26O5/c1-3-4-10-21-18(20)16-11-15(19)17(23-16)13(2)22-12-14-8-6-5-7-9-14/h5-9,13,15-17,19H,3-4,10-12H2,1-2H3/t13-,15-,16+,17+/m0/s1. The van der Waals surface area contributed by atoms with E-state index in [1.807, 2.05) is 44.2 Å². The Morgan fingerprint density at radius 2 is 2.13 bits per heavy atom. The van der Waals surface area contributed by atoms with E-state index in [0.717, 1.165) is 18.4 Å². The maximum Gasteiger partial charge on any atom is 0.335 e. The average Bonchev–Trinajstić information content (AvgIpc) is 2.96. The summed E-state index contributed by atoms with van der Waals surface area (Å²) in [5, 5.41) is 10.1. The van der Waals surface area contributed by atoms with Crippen LogP contribution >= 0.6 is 0 Å². The second-order valence-electron chi connectivity index (χ2n) is 5.92. The molecule has 1 N–H and O–H groups in total. The van der Waals surface area contributed by atoms with Crippen LogP contribution in [0.5, 0.6) is 0 Å². The number of carbonyl (C=O) groups is 1. The van der Waals surface area contributed by atoms with Crippen LogP contribution in [0.3, 0.4) is 0 Å². The van der Waals surface area contributed by atoms with Gasteiger partial charge in [-0.1, -0.05) is 43.7 Å². The number of esters is 1. The maximum absolute atomic E-state index is 11.9. The van der Waals surface area contributed by atoms with Crippen LogP contribution in [0.2, 0.25) is 0 Å². The molecule has 1 aromatic carbocycles. The lowest BCUT2D eigenvalue weighted by Gasteiger charge is -2.22. The van der Waals surface area contributed by atoms with Crippen molar-refractivity contribution in [1.82, 2.24) is 0 Å². The van der Waals surface area contributed by atoms with Gasteiger partial charge < -0.3 is 19.3 Å². The fraction of sp³-hybridized carbons (Fsp3) is 0.611. The molecule has 1 heterocycles. The molecule has 0 bridgehead atoms. The Morgan fingerprint density at radius 1 is 1.39 bits per heavy atom. The van der Waals surface area contributed by atoms with E-state index < -0.39 is 24.3 Å². The van der Waals surface area contributed by atoms with Gasteiger partial charge in [-0.2, -0.15) is 0 Å². The van der Waals surface area contributed by atoms with Crippen LogP contribution in [0.1, 0.15) is 38.7 Å². The lowest BCUT2D eigenvalue weighted by Crippen LogP contribution is -2.35. The highest BCUT2D eigenvalue weighted by molar-refractivity contribution is 5.75. The van der Waals surface area contributed by atoms with Crippen LogP contribution in [0.4, 0.5) is 0 Å². The zero-order valence-corrected chi connectivity index (χ0v) is 13.8. The third kappa shape index (κ3) is 5.30. The molecule has 1 aromatic rings. The average molecular weight is 322 g/mol. The molecule has 0 amide bonds. The molecule has 1 saturated heterocycles. The minimum atomic E-state index is -0.718. The van der Waals surface area contributed by atoms with Crippen molar-refractivity contribution in [3.8, 4) is 0 Å². The molecule has 0 aliphatic carbocycles. The van der Waals surface area contributed by atoms with Gasteiger partial charge in [0.05, 0.1) is 25.4 Å². The molecular formula is C18H26O5. The quantitative estimate of drug-likeness (QED) is 0.588. The number of carbonyl (C=O) groups excluding carboxylic acids is 1. The van der Waals surface area contributed by atoms with E-state index in [0.29, 0.717) is 13.2 Å². The maximum atomic E-state index is 11.9. The molecule has 0 aromatic heterocycles. The van der Waals surface area contributed by atoms with E-state index in [4.69, 9.17) is 14.2 Å². The summed E-state index contributed by atoms with van der Waals surface area (Å²) in [7, 11) is 0. The van der Waals surface area contributed by atoms with Gasteiger partial charge in [0.1, 0.15) is 6.10 Å². The topological polar surface area (TPSA) is 65.0 Å². The smallest absolute Gasteiger partial charge is 0.335 e. The first-order valence-electron chi connectivity index (χ1n) is 8.27. The molecule has 1 fully saturated rings. The van der Waals surface area contributed by atoms with Gasteiger partial charge in [-0.25, -0.2) is 4.79 Å². The number of benzene rings is 1. The molecule has 0 spiro atoms. The first-order valence-corrected chi connectivity index (χ1v) is 8.27. The molecule has 23 heavy (non-hydrogen) atoms. The Labute approximate surface area is 137 Å². The highest BCUT2D eigenvalue weighted by atomic mass is 16.6. The van der Waals surface area contributed by atoms with Gasteiger partial charge in [-0.15, -0.1) is 0 Å². The minimum absolute atomic E-state index is 0.259. The van der Waals surface area contributed by atoms with Crippen LogP contribution in [0, 0.1) is 0 Å². The second-order valence-corrected chi connectivity index (χ2v) is 5.92. The Bertz CT molecular complexity index is 476. The molecule has 1 aliphatic heterocycles. The van der Waals surface area contributed by atoms with E-state index in [9.17, 15) is 9.90 Å². The first-order chi connectivity index (χ1) is 11.1. The van der Waals surface area contributed by atoms with Gasteiger partial charge in [-0.05, 0) is 18.9 Å². The monoisotopic (exact) mass is 322 g/mol. The third-order valence-electron chi connectivity index (χ3n) is 3.98. The molecule has 1 aliphatic rings. The SMILES string of the molecule is CCCCOC(=O)[C@H]1C[C@H](O)[C@@H]([C@H](C)OCc2ccccc2)O1. The minimum Gasteiger partial charge on any atom is -0.464 e. The van der Waals surface area contributed by atoms with Gasteiger partial charge in [-0.3, -0.25) is 0 Å². The van der Waals surface area contributed by atoms with Crippen molar-refractivity contribution in [2.75, 3.05) is 6.61 Å². The van der Waals surface area contributed by atoms with Crippen LogP contribution < -0.4 is 0 Å². The summed E-state index contributed by atoms with van der Waals surface area (Å²) >= 11 is 0. The van der Waals surface area contributed by atoms with E-state index in [1.54, 1.807) is 0 Å². The predicted molar refractivity (Wildman–Crippen MR) is 85.8 cm³/mol. The molecular weight excluding hydrogens is 296 g/mol. The Hall–Kier alpha value is -1.43. The molecule has 4 atom stereocenters. The van der Waals surface area contributed by atoms with Crippen molar-refractivity contribution >= 4 is 5.97 Å². The van der Waals surface area contributed by atoms with Crippen LogP contribution in [-0.4, -0.2) is 42.1 Å². The lowest BCUT2D eigenvalue weighted by molar-refractivity contribution is -0.160. The zero-order chi connectivity index (χ0) is 16.7. The molecule has 2 rings (SSSR count). The van der Waals surface area contributed by atoms with Crippen LogP contribution in [0.25, 0.3) is 0 Å². The predicted octanol–water partition coefficient (Wildman–Crippen LogP) is 2.45. The summed E-state index contributed by atoms with van der Waals surface area (Å²) < 4.78 is 16.6. The Morgan fingerprint density at radius 3 is 2.83 bits per heavy atom. The van der Waals surface area contributed by atoms with Crippen molar-refractivity contribution in [3.05, 3.63) is 35.9 Å². The molecule has 5 nitrogen and oxygen atoms in total. The molecule has 0 saturated carbocycles. The zero-order valence-electron chi connectivity index (χ0n) is 13.8. The van der Waals surface area contributed by atoms with Gasteiger partial charge in [0.15, 0.2) is 6.10 Å². The van der Waals surface area contributed by atoms with E-state index in [2.05, 4.69) is 0 Å². The van der Waals surface area contributed by atoms with Gasteiger partial charge in [0, 0.05) is 6.42 Å². The number of hydrogen-bond donors (Lipinski definition) is 1. The highest BCUT2D eigenvalue weighted by Gasteiger charge is 2.41. The highest BCUT2D eigenvalue weighted by Crippen LogP contribution is 2.25. The normalized spacial score (nSPS) is 25.3. The largest absolute Gasteiger partial charge is 0.464 e. The first kappa shape index (κ1) is 17.9. The van der Waals surface area contributed by atoms with Gasteiger partial charge in [0.25, 0.3) is 0 Å². The lowest BCUT2D eigenvalue weighted by atomic mass is 10.1. The van der Waals surface area contributed by atoms with Crippen LogP contribution in [-0.2, 0) is 25.6 Å². The van der Waals surface area contributed by atoms with Crippen LogP contribution in [0.15, 0.2) is 30.3 Å². The number of hydrogen-bond acceptors (Lipinski definition) is 5. The summed E-state index contributed by atoms with van der Waals surface area (Å²) in [4.78, 5) is 11.9. The number of ether oxygens (including phenoxy) is 3. The number of aliphatic hydroxyl groups is 1. The summed E-state index contributed by atoms with van der Waals surface area (Å²) in [6.45, 7) is 4.73. The number of unbranched alkanes of at least 4 members (excludes halogenated alkanes) is 1. The number of rotatable bonds is 8. The fourth-order valence-electron chi connectivity index (χ4n) is 2.57. The van der Waals surface area contributed by atoms with E-state index in [1.165, 1.54) is 0 Å². The van der Waals surface area contributed by atoms with E-state index >= 15 is 0 Å². The van der Waals surface area contributed by atoms with Crippen molar-refractivity contribution < 1.29 is 24.1 Å². The molecule has 0 radical (unpaired) electrons. The van der Waals surface area contributed by atoms with E-state index in [-0.39, 0.29) is 12.5 Å². The summed E-state index contributed by atoms with van der Waals surface area (Å²) in [5.41, 5.74) is 1.06. The third-order valence-corrected chi connectivity index (χ3v) is 3.98. The van der Waals surface area contributed by atoms with Crippen molar-refractivity contribution in [1.29, 1.82) is 0 Å². The molecule has 128 valence electrons. The molecule has 0 unspecified atom stereocenters. The van der Waals surface area contributed by atoms with Gasteiger partial charge >= 0.3 is 5.97 Å².